The average molecular weight is 294 g/mol. The third kappa shape index (κ3) is 2.56. The van der Waals surface area contributed by atoms with Crippen molar-refractivity contribution in [3.05, 3.63) is 10.4 Å². The lowest BCUT2D eigenvalue weighted by atomic mass is 10.3. The Morgan fingerprint density at radius 3 is 3.00 bits per heavy atom. The molecule has 1 atom stereocenters. The number of anilines is 1. The summed E-state index contributed by atoms with van der Waals surface area (Å²) in [6.07, 6.45) is 0.873. The number of halogens is 1. The van der Waals surface area contributed by atoms with Gasteiger partial charge in [0, 0.05) is 6.04 Å². The van der Waals surface area contributed by atoms with Crippen molar-refractivity contribution in [2.24, 2.45) is 4.40 Å². The van der Waals surface area contributed by atoms with Crippen LogP contribution in [0.1, 0.15) is 20.3 Å². The van der Waals surface area contributed by atoms with Gasteiger partial charge in [0.25, 0.3) is 10.0 Å². The average Bonchev–Trinajstić information content (AvgIpc) is 2.58. The predicted molar refractivity (Wildman–Crippen MR) is 70.5 cm³/mol. The smallest absolute Gasteiger partial charge is 0.297 e. The molecule has 0 radical (unpaired) electrons. The Bertz CT molecular complexity index is 565. The van der Waals surface area contributed by atoms with E-state index in [1.165, 1.54) is 0 Å². The number of hydrogen-bond acceptors (Lipinski definition) is 5. The van der Waals surface area contributed by atoms with Crippen molar-refractivity contribution in [3.8, 4) is 0 Å². The van der Waals surface area contributed by atoms with Crippen LogP contribution in [0, 0.1) is 0 Å². The number of guanidine groups is 1. The molecule has 5 nitrogen and oxygen atoms in total. The van der Waals surface area contributed by atoms with Crippen molar-refractivity contribution in [1.29, 1.82) is 0 Å². The summed E-state index contributed by atoms with van der Waals surface area (Å²) in [6.45, 7) is 3.95. The van der Waals surface area contributed by atoms with Crippen LogP contribution in [-0.2, 0) is 10.0 Å². The lowest BCUT2D eigenvalue weighted by molar-refractivity contribution is 0.597. The summed E-state index contributed by atoms with van der Waals surface area (Å²) in [5, 5.41) is 5.92. The number of rotatable bonds is 2. The van der Waals surface area contributed by atoms with Gasteiger partial charge < -0.3 is 10.6 Å². The largest absolute Gasteiger partial charge is 0.353 e. The minimum atomic E-state index is -3.63. The molecule has 2 heterocycles. The van der Waals surface area contributed by atoms with Crippen LogP contribution in [0.25, 0.3) is 0 Å². The van der Waals surface area contributed by atoms with Gasteiger partial charge in [-0.2, -0.15) is 8.42 Å². The minimum Gasteiger partial charge on any atom is -0.353 e. The molecule has 0 unspecified atom stereocenters. The molecular formula is C9H12ClN3O2S2. The van der Waals surface area contributed by atoms with Crippen LogP contribution >= 0.6 is 22.9 Å². The van der Waals surface area contributed by atoms with Gasteiger partial charge in [0.15, 0.2) is 4.21 Å². The van der Waals surface area contributed by atoms with Crippen LogP contribution in [0.2, 0.25) is 4.34 Å². The fourth-order valence-electron chi connectivity index (χ4n) is 1.33. The Morgan fingerprint density at radius 1 is 1.65 bits per heavy atom. The van der Waals surface area contributed by atoms with Gasteiger partial charge >= 0.3 is 0 Å². The van der Waals surface area contributed by atoms with Crippen molar-refractivity contribution in [1.82, 2.24) is 5.32 Å². The maximum Gasteiger partial charge on any atom is 0.297 e. The Morgan fingerprint density at radius 2 is 2.35 bits per heavy atom. The summed E-state index contributed by atoms with van der Waals surface area (Å²) in [4.78, 5) is 0. The van der Waals surface area contributed by atoms with Crippen molar-refractivity contribution in [2.45, 2.75) is 30.5 Å². The molecule has 0 spiro atoms. The molecular weight excluding hydrogens is 282 g/mol. The summed E-state index contributed by atoms with van der Waals surface area (Å²) in [7, 11) is -3.63. The van der Waals surface area contributed by atoms with E-state index in [1.54, 1.807) is 6.07 Å². The van der Waals surface area contributed by atoms with Crippen LogP contribution in [0.3, 0.4) is 0 Å². The third-order valence-corrected chi connectivity index (χ3v) is 5.41. The zero-order chi connectivity index (χ0) is 12.6. The van der Waals surface area contributed by atoms with E-state index in [2.05, 4.69) is 15.0 Å². The Hall–Kier alpha value is -0.790. The Labute approximate surface area is 109 Å². The number of fused-ring (bicyclic) bond motifs is 1. The van der Waals surface area contributed by atoms with E-state index >= 15 is 0 Å². The molecule has 17 heavy (non-hydrogen) atoms. The molecule has 94 valence electrons. The van der Waals surface area contributed by atoms with Crippen molar-refractivity contribution >= 4 is 44.6 Å². The summed E-state index contributed by atoms with van der Waals surface area (Å²) in [5.74, 6) is 0.251. The third-order valence-electron chi connectivity index (χ3n) is 2.36. The molecule has 1 aliphatic rings. The predicted octanol–water partition coefficient (Wildman–Crippen LogP) is 2.26. The van der Waals surface area contributed by atoms with Crippen LogP contribution in [0.5, 0.6) is 0 Å². The Kier molecular flexibility index (Phi) is 3.33. The van der Waals surface area contributed by atoms with Gasteiger partial charge in [0.05, 0.1) is 10.0 Å². The van der Waals surface area contributed by atoms with E-state index in [0.717, 1.165) is 17.8 Å². The highest BCUT2D eigenvalue weighted by Gasteiger charge is 2.28. The lowest BCUT2D eigenvalue weighted by Gasteiger charge is -2.19. The molecule has 8 heteroatoms. The van der Waals surface area contributed by atoms with Crippen LogP contribution < -0.4 is 10.6 Å². The molecule has 0 bridgehead atoms. The normalized spacial score (nSPS) is 18.9. The molecule has 0 amide bonds. The zero-order valence-electron chi connectivity index (χ0n) is 9.32. The second-order valence-electron chi connectivity index (χ2n) is 3.75. The zero-order valence-corrected chi connectivity index (χ0v) is 11.7. The number of sulfonamides is 1. The van der Waals surface area contributed by atoms with Crippen LogP contribution in [0.4, 0.5) is 5.69 Å². The van der Waals surface area contributed by atoms with Gasteiger partial charge in [-0.05, 0) is 19.4 Å². The summed E-state index contributed by atoms with van der Waals surface area (Å²) in [6, 6.07) is 1.73. The van der Waals surface area contributed by atoms with Crippen LogP contribution in [-0.4, -0.2) is 20.4 Å². The van der Waals surface area contributed by atoms with Crippen molar-refractivity contribution < 1.29 is 8.42 Å². The second-order valence-corrected chi connectivity index (χ2v) is 7.23. The Balaban J connectivity index is 2.34. The van der Waals surface area contributed by atoms with Gasteiger partial charge in [0.2, 0.25) is 5.96 Å². The van der Waals surface area contributed by atoms with Gasteiger partial charge in [-0.1, -0.05) is 18.5 Å². The maximum absolute atomic E-state index is 11.9. The van der Waals surface area contributed by atoms with E-state index in [-0.39, 0.29) is 16.2 Å². The summed E-state index contributed by atoms with van der Waals surface area (Å²) < 4.78 is 28.0. The summed E-state index contributed by atoms with van der Waals surface area (Å²) >= 11 is 6.81. The van der Waals surface area contributed by atoms with E-state index in [1.807, 2.05) is 13.8 Å². The first-order valence-electron chi connectivity index (χ1n) is 5.10. The SMILES string of the molecule is CC[C@@H](C)NC1=NS(=O)(=O)c2sc(Cl)cc2N1. The van der Waals surface area contributed by atoms with E-state index in [0.29, 0.717) is 10.0 Å². The fourth-order valence-corrected chi connectivity index (χ4v) is 4.00. The van der Waals surface area contributed by atoms with E-state index in [9.17, 15) is 8.42 Å². The second kappa shape index (κ2) is 4.47. The molecule has 1 aromatic heterocycles. The molecule has 0 aromatic carbocycles. The molecule has 0 saturated carbocycles. The summed E-state index contributed by atoms with van der Waals surface area (Å²) in [5.41, 5.74) is 0.487. The maximum atomic E-state index is 11.9. The minimum absolute atomic E-state index is 0.145. The van der Waals surface area contributed by atoms with Gasteiger partial charge in [-0.25, -0.2) is 0 Å². The highest BCUT2D eigenvalue weighted by molar-refractivity contribution is 7.92. The number of hydrogen-bond donors (Lipinski definition) is 2. The molecule has 2 N–H and O–H groups in total. The first-order chi connectivity index (χ1) is 7.92. The van der Waals surface area contributed by atoms with Gasteiger partial charge in [0.1, 0.15) is 0 Å². The molecule has 0 fully saturated rings. The van der Waals surface area contributed by atoms with E-state index < -0.39 is 10.0 Å². The molecule has 1 aromatic rings. The number of thiophene rings is 1. The monoisotopic (exact) mass is 293 g/mol. The number of nitrogens with zero attached hydrogens (tertiary/aromatic N) is 1. The molecule has 0 saturated heterocycles. The first-order valence-corrected chi connectivity index (χ1v) is 7.73. The quantitative estimate of drug-likeness (QED) is 0.877. The van der Waals surface area contributed by atoms with Gasteiger partial charge in [-0.15, -0.1) is 15.7 Å². The topological polar surface area (TPSA) is 70.6 Å². The highest BCUT2D eigenvalue weighted by Crippen LogP contribution is 2.37. The standard InChI is InChI=1S/C9H12ClN3O2S2/c1-3-5(2)11-9-12-6-4-7(10)16-8(6)17(14,15)13-9/h4-5H,3H2,1-2H3,(H2,11,12,13)/t5-/m1/s1. The fraction of sp³-hybridized carbons (Fsp3) is 0.444. The van der Waals surface area contributed by atoms with Crippen molar-refractivity contribution in [2.75, 3.05) is 5.32 Å². The van der Waals surface area contributed by atoms with Gasteiger partial charge in [-0.3, -0.25) is 0 Å². The van der Waals surface area contributed by atoms with E-state index in [4.69, 9.17) is 11.6 Å². The lowest BCUT2D eigenvalue weighted by Crippen LogP contribution is -2.39. The molecule has 0 aliphatic carbocycles. The molecule has 2 rings (SSSR count). The van der Waals surface area contributed by atoms with Crippen LogP contribution in [0.15, 0.2) is 14.7 Å². The molecule has 1 aliphatic heterocycles. The first kappa shape index (κ1) is 12.7. The number of nitrogens with one attached hydrogen (secondary N) is 2. The highest BCUT2D eigenvalue weighted by atomic mass is 35.5. The van der Waals surface area contributed by atoms with Crippen molar-refractivity contribution in [3.63, 3.8) is 0 Å².